The third kappa shape index (κ3) is 4.80. The summed E-state index contributed by atoms with van der Waals surface area (Å²) < 4.78 is 5.09. The van der Waals surface area contributed by atoms with Gasteiger partial charge in [0, 0.05) is 23.8 Å². The molecule has 0 saturated carbocycles. The van der Waals surface area contributed by atoms with Crippen LogP contribution in [0.3, 0.4) is 0 Å². The quantitative estimate of drug-likeness (QED) is 0.633. The van der Waals surface area contributed by atoms with E-state index in [1.54, 1.807) is 31.4 Å². The second-order valence-corrected chi connectivity index (χ2v) is 6.95. The van der Waals surface area contributed by atoms with E-state index < -0.39 is 11.9 Å². The first kappa shape index (κ1) is 18.8. The van der Waals surface area contributed by atoms with E-state index in [4.69, 9.17) is 4.74 Å². The number of Topliss-reactive ketones (excluding diaryl/α,β-unsaturated/α-hetero) is 1. The van der Waals surface area contributed by atoms with Gasteiger partial charge in [0.1, 0.15) is 16.5 Å². The Hall–Kier alpha value is -2.99. The minimum absolute atomic E-state index is 0.0696. The maximum absolute atomic E-state index is 12.4. The van der Waals surface area contributed by atoms with E-state index in [1.807, 2.05) is 35.7 Å². The van der Waals surface area contributed by atoms with Crippen molar-refractivity contribution in [3.63, 3.8) is 0 Å². The van der Waals surface area contributed by atoms with E-state index in [9.17, 15) is 14.7 Å². The fraction of sp³-hybridized carbons (Fsp3) is 0.190. The molecule has 0 spiro atoms. The van der Waals surface area contributed by atoms with E-state index >= 15 is 0 Å². The molecule has 3 rings (SSSR count). The molecule has 1 heterocycles. The molecule has 2 aromatic carbocycles. The van der Waals surface area contributed by atoms with Crippen LogP contribution in [-0.2, 0) is 16.0 Å². The molecule has 0 aliphatic rings. The molecule has 1 N–H and O–H groups in total. The summed E-state index contributed by atoms with van der Waals surface area (Å²) >= 11 is 1.48. The average Bonchev–Trinajstić information content (AvgIpc) is 3.15. The minimum Gasteiger partial charge on any atom is -0.497 e. The average molecular weight is 381 g/mol. The second kappa shape index (κ2) is 8.60. The van der Waals surface area contributed by atoms with Crippen molar-refractivity contribution in [1.82, 2.24) is 4.98 Å². The van der Waals surface area contributed by atoms with Crippen LogP contribution in [0.2, 0.25) is 0 Å². The van der Waals surface area contributed by atoms with Crippen molar-refractivity contribution in [3.05, 3.63) is 71.2 Å². The lowest BCUT2D eigenvalue weighted by molar-refractivity contribution is -0.140. The van der Waals surface area contributed by atoms with Gasteiger partial charge in [-0.25, -0.2) is 4.98 Å². The van der Waals surface area contributed by atoms with Crippen LogP contribution >= 0.6 is 11.3 Å². The van der Waals surface area contributed by atoms with Crippen molar-refractivity contribution in [2.75, 3.05) is 7.11 Å². The second-order valence-electron chi connectivity index (χ2n) is 6.09. The standard InChI is InChI=1S/C21H19NO4S/c1-26-18-9-7-14(8-10-18)19(21(24)25)12-17(23)11-16-13-27-20(22-16)15-5-3-2-4-6-15/h2-10,13,19H,11-12H2,1H3,(H,24,25). The summed E-state index contributed by atoms with van der Waals surface area (Å²) in [4.78, 5) is 28.6. The number of nitrogens with zero attached hydrogens (tertiary/aromatic N) is 1. The summed E-state index contributed by atoms with van der Waals surface area (Å²) in [5, 5.41) is 12.2. The molecule has 1 atom stereocenters. The first-order valence-electron chi connectivity index (χ1n) is 8.45. The van der Waals surface area contributed by atoms with Gasteiger partial charge in [-0.05, 0) is 17.7 Å². The highest BCUT2D eigenvalue weighted by Gasteiger charge is 2.24. The smallest absolute Gasteiger partial charge is 0.311 e. The van der Waals surface area contributed by atoms with E-state index in [-0.39, 0.29) is 18.6 Å². The number of hydrogen-bond donors (Lipinski definition) is 1. The zero-order chi connectivity index (χ0) is 19.2. The van der Waals surface area contributed by atoms with Gasteiger partial charge in [-0.15, -0.1) is 11.3 Å². The van der Waals surface area contributed by atoms with Crippen molar-refractivity contribution in [2.24, 2.45) is 0 Å². The minimum atomic E-state index is -1.02. The summed E-state index contributed by atoms with van der Waals surface area (Å²) in [6.45, 7) is 0. The van der Waals surface area contributed by atoms with Gasteiger partial charge in [0.2, 0.25) is 0 Å². The zero-order valence-corrected chi connectivity index (χ0v) is 15.6. The molecule has 0 saturated heterocycles. The summed E-state index contributed by atoms with van der Waals surface area (Å²) in [6, 6.07) is 16.5. The van der Waals surface area contributed by atoms with E-state index in [2.05, 4.69) is 4.98 Å². The lowest BCUT2D eigenvalue weighted by Gasteiger charge is -2.12. The number of hydrogen-bond acceptors (Lipinski definition) is 5. The van der Waals surface area contributed by atoms with E-state index in [1.165, 1.54) is 11.3 Å². The molecule has 1 aromatic heterocycles. The molecular weight excluding hydrogens is 362 g/mol. The van der Waals surface area contributed by atoms with Gasteiger partial charge >= 0.3 is 5.97 Å². The number of carbonyl (C=O) groups excluding carboxylic acids is 1. The van der Waals surface area contributed by atoms with Gasteiger partial charge in [-0.1, -0.05) is 42.5 Å². The molecule has 27 heavy (non-hydrogen) atoms. The molecule has 0 radical (unpaired) electrons. The Bertz CT molecular complexity index is 919. The van der Waals surface area contributed by atoms with E-state index in [0.717, 1.165) is 10.6 Å². The topological polar surface area (TPSA) is 76.5 Å². The predicted octanol–water partition coefficient (Wildman–Crippen LogP) is 4.19. The highest BCUT2D eigenvalue weighted by atomic mass is 32.1. The number of aromatic nitrogens is 1. The number of ether oxygens (including phenoxy) is 1. The maximum atomic E-state index is 12.4. The van der Waals surface area contributed by atoms with Crippen LogP contribution in [0, 0.1) is 0 Å². The Kier molecular flexibility index (Phi) is 5.98. The highest BCUT2D eigenvalue weighted by Crippen LogP contribution is 2.26. The monoisotopic (exact) mass is 381 g/mol. The van der Waals surface area contributed by atoms with Crippen LogP contribution in [-0.4, -0.2) is 29.0 Å². The number of rotatable bonds is 8. The largest absolute Gasteiger partial charge is 0.497 e. The van der Waals surface area contributed by atoms with Crippen LogP contribution in [0.5, 0.6) is 5.75 Å². The molecular formula is C21H19NO4S. The fourth-order valence-electron chi connectivity index (χ4n) is 2.79. The lowest BCUT2D eigenvalue weighted by Crippen LogP contribution is -2.17. The first-order chi connectivity index (χ1) is 13.1. The number of methoxy groups -OCH3 is 1. The van der Waals surface area contributed by atoms with Crippen molar-refractivity contribution in [3.8, 4) is 16.3 Å². The molecule has 138 valence electrons. The van der Waals surface area contributed by atoms with Crippen LogP contribution in [0.4, 0.5) is 0 Å². The predicted molar refractivity (Wildman–Crippen MR) is 104 cm³/mol. The molecule has 3 aromatic rings. The molecule has 1 unspecified atom stereocenters. The van der Waals surface area contributed by atoms with E-state index in [0.29, 0.717) is 17.0 Å². The van der Waals surface area contributed by atoms with Gasteiger partial charge in [-0.2, -0.15) is 0 Å². The summed E-state index contributed by atoms with van der Waals surface area (Å²) in [6.07, 6.45) is 0.0587. The number of ketones is 1. The maximum Gasteiger partial charge on any atom is 0.311 e. The van der Waals surface area contributed by atoms with Gasteiger partial charge in [0.25, 0.3) is 0 Å². The SMILES string of the molecule is COc1ccc(C(CC(=O)Cc2csc(-c3ccccc3)n2)C(=O)O)cc1. The number of aliphatic carboxylic acids is 1. The van der Waals surface area contributed by atoms with Gasteiger partial charge in [-0.3, -0.25) is 9.59 Å². The lowest BCUT2D eigenvalue weighted by atomic mass is 9.92. The molecule has 6 heteroatoms. The van der Waals surface area contributed by atoms with Gasteiger partial charge < -0.3 is 9.84 Å². The number of carbonyl (C=O) groups is 2. The normalized spacial score (nSPS) is 11.7. The number of benzene rings is 2. The van der Waals surface area contributed by atoms with Crippen molar-refractivity contribution in [1.29, 1.82) is 0 Å². The first-order valence-corrected chi connectivity index (χ1v) is 9.33. The zero-order valence-electron chi connectivity index (χ0n) is 14.8. The number of thiazole rings is 1. The summed E-state index contributed by atoms with van der Waals surface area (Å²) in [5.74, 6) is -1.40. The fourth-order valence-corrected chi connectivity index (χ4v) is 3.61. The van der Waals surface area contributed by atoms with Crippen LogP contribution in [0.1, 0.15) is 23.6 Å². The van der Waals surface area contributed by atoms with Crippen LogP contribution < -0.4 is 4.74 Å². The van der Waals surface area contributed by atoms with Crippen molar-refractivity contribution < 1.29 is 19.4 Å². The number of carboxylic acids is 1. The summed E-state index contributed by atoms with van der Waals surface area (Å²) in [5.41, 5.74) is 2.26. The Morgan fingerprint density at radius 3 is 2.44 bits per heavy atom. The molecule has 0 aliphatic heterocycles. The highest BCUT2D eigenvalue weighted by molar-refractivity contribution is 7.13. The molecule has 0 aliphatic carbocycles. The van der Waals surface area contributed by atoms with Gasteiger partial charge in [0.15, 0.2) is 0 Å². The Balaban J connectivity index is 1.68. The summed E-state index contributed by atoms with van der Waals surface area (Å²) in [7, 11) is 1.55. The van der Waals surface area contributed by atoms with Crippen molar-refractivity contribution >= 4 is 23.1 Å². The molecule has 5 nitrogen and oxygen atoms in total. The van der Waals surface area contributed by atoms with Crippen LogP contribution in [0.15, 0.2) is 60.0 Å². The third-order valence-electron chi connectivity index (χ3n) is 4.20. The molecule has 0 bridgehead atoms. The Morgan fingerprint density at radius 2 is 1.81 bits per heavy atom. The Labute approximate surface area is 161 Å². The van der Waals surface area contributed by atoms with Crippen molar-refractivity contribution in [2.45, 2.75) is 18.8 Å². The molecule has 0 amide bonds. The Morgan fingerprint density at radius 1 is 1.11 bits per heavy atom. The van der Waals surface area contributed by atoms with Crippen LogP contribution in [0.25, 0.3) is 10.6 Å². The number of carboxylic acid groups (broad SMARTS) is 1. The third-order valence-corrected chi connectivity index (χ3v) is 5.14. The van der Waals surface area contributed by atoms with Gasteiger partial charge in [0.05, 0.1) is 18.7 Å². The molecule has 0 fully saturated rings.